The number of carbonyl (C=O) groups excluding carboxylic acids is 1. The molecule has 2 aromatic carbocycles. The van der Waals surface area contributed by atoms with E-state index in [1.807, 2.05) is 41.4 Å². The van der Waals surface area contributed by atoms with Crippen LogP contribution < -0.4 is 0 Å². The van der Waals surface area contributed by atoms with Gasteiger partial charge < -0.3 is 4.90 Å². The highest BCUT2D eigenvalue weighted by Crippen LogP contribution is 2.65. The van der Waals surface area contributed by atoms with Gasteiger partial charge in [-0.25, -0.2) is 4.39 Å². The van der Waals surface area contributed by atoms with Crippen LogP contribution in [0.4, 0.5) is 4.39 Å². The summed E-state index contributed by atoms with van der Waals surface area (Å²) >= 11 is 0. The number of fused-ring (bicyclic) bond motifs is 3. The van der Waals surface area contributed by atoms with E-state index in [-0.39, 0.29) is 17.0 Å². The van der Waals surface area contributed by atoms with Crippen LogP contribution >= 0.6 is 0 Å². The average molecular weight is 478 g/mol. The molecule has 6 aliphatic rings. The van der Waals surface area contributed by atoms with Gasteiger partial charge in [-0.2, -0.15) is 10.5 Å². The van der Waals surface area contributed by atoms with Crippen molar-refractivity contribution < 1.29 is 9.18 Å². The first-order valence-corrected chi connectivity index (χ1v) is 13.1. The number of Topliss-reactive ketones (excluding diaryl/α,β-unsaturated/α-hetero) is 1. The molecule has 0 aromatic heterocycles. The van der Waals surface area contributed by atoms with E-state index in [4.69, 9.17) is 0 Å². The number of ketones is 1. The Morgan fingerprint density at radius 2 is 1.53 bits per heavy atom. The molecule has 0 radical (unpaired) electrons. The lowest BCUT2D eigenvalue weighted by molar-refractivity contribution is -0.148. The van der Waals surface area contributed by atoms with Gasteiger partial charge in [-0.1, -0.05) is 36.4 Å². The molecule has 2 aliphatic heterocycles. The fourth-order valence-electron chi connectivity index (χ4n) is 9.06. The van der Waals surface area contributed by atoms with Gasteiger partial charge in [0.15, 0.2) is 11.2 Å². The maximum Gasteiger partial charge on any atom is 0.177 e. The predicted molar refractivity (Wildman–Crippen MR) is 132 cm³/mol. The first-order chi connectivity index (χ1) is 17.5. The van der Waals surface area contributed by atoms with Gasteiger partial charge in [0.25, 0.3) is 0 Å². The molecule has 4 bridgehead atoms. The van der Waals surface area contributed by atoms with Crippen LogP contribution in [0, 0.1) is 57.1 Å². The van der Waals surface area contributed by atoms with Crippen LogP contribution in [0.2, 0.25) is 0 Å². The summed E-state index contributed by atoms with van der Waals surface area (Å²) in [4.78, 5) is 16.9. The number of halogens is 1. The highest BCUT2D eigenvalue weighted by Gasteiger charge is 2.67. The van der Waals surface area contributed by atoms with Crippen LogP contribution in [0.25, 0.3) is 6.08 Å². The minimum Gasteiger partial charge on any atom is -0.357 e. The highest BCUT2D eigenvalue weighted by atomic mass is 19.1. The topological polar surface area (TPSA) is 67.9 Å². The summed E-state index contributed by atoms with van der Waals surface area (Å²) in [6, 6.07) is 17.5. The van der Waals surface area contributed by atoms with Gasteiger partial charge in [-0.15, -0.1) is 0 Å². The molecule has 36 heavy (non-hydrogen) atoms. The molecule has 4 saturated carbocycles. The summed E-state index contributed by atoms with van der Waals surface area (Å²) in [6.45, 7) is 0. The quantitative estimate of drug-likeness (QED) is 0.533. The number of nitrogens with zero attached hydrogens (tertiary/aromatic N) is 3. The lowest BCUT2D eigenvalue weighted by Gasteiger charge is -2.57. The Morgan fingerprint density at radius 1 is 0.917 bits per heavy atom. The second-order valence-corrected chi connectivity index (χ2v) is 11.9. The summed E-state index contributed by atoms with van der Waals surface area (Å²) in [5, 5.41) is 21.4. The van der Waals surface area contributed by atoms with Crippen LogP contribution in [-0.4, -0.2) is 16.7 Å². The van der Waals surface area contributed by atoms with E-state index in [2.05, 4.69) is 12.1 Å². The minimum absolute atomic E-state index is 0.192. The molecule has 5 heteroatoms. The molecule has 0 spiro atoms. The van der Waals surface area contributed by atoms with Crippen molar-refractivity contribution in [3.05, 3.63) is 77.2 Å². The van der Waals surface area contributed by atoms with Crippen LogP contribution in [0.15, 0.2) is 54.7 Å². The van der Waals surface area contributed by atoms with Crippen molar-refractivity contribution in [1.82, 2.24) is 4.90 Å². The van der Waals surface area contributed by atoms with Crippen molar-refractivity contribution in [2.24, 2.45) is 28.6 Å². The molecule has 0 N–H and O–H groups in total. The summed E-state index contributed by atoms with van der Waals surface area (Å²) in [7, 11) is 0. The Kier molecular flexibility index (Phi) is 4.56. The van der Waals surface area contributed by atoms with Crippen molar-refractivity contribution in [1.29, 1.82) is 10.5 Å². The van der Waals surface area contributed by atoms with Gasteiger partial charge >= 0.3 is 0 Å². The molecule has 4 aliphatic carbocycles. The van der Waals surface area contributed by atoms with Crippen molar-refractivity contribution in [3.8, 4) is 12.1 Å². The lowest BCUT2D eigenvalue weighted by atomic mass is 9.47. The van der Waals surface area contributed by atoms with E-state index >= 15 is 0 Å². The number of hydrogen-bond acceptors (Lipinski definition) is 4. The largest absolute Gasteiger partial charge is 0.357 e. The smallest absolute Gasteiger partial charge is 0.177 e. The van der Waals surface area contributed by atoms with E-state index in [9.17, 15) is 19.7 Å². The third-order valence-corrected chi connectivity index (χ3v) is 10.0. The molecule has 1 saturated heterocycles. The number of hydrogen-bond donors (Lipinski definition) is 0. The fourth-order valence-corrected chi connectivity index (χ4v) is 9.06. The minimum atomic E-state index is -1.48. The van der Waals surface area contributed by atoms with E-state index in [0.717, 1.165) is 30.4 Å². The Bertz CT molecular complexity index is 1310. The number of nitriles is 2. The third kappa shape index (κ3) is 2.81. The zero-order chi connectivity index (χ0) is 24.7. The maximum absolute atomic E-state index is 14.9. The number of rotatable bonds is 3. The molecule has 2 heterocycles. The molecule has 180 valence electrons. The van der Waals surface area contributed by atoms with Gasteiger partial charge in [-0.05, 0) is 91.2 Å². The lowest BCUT2D eigenvalue weighted by Crippen LogP contribution is -2.55. The van der Waals surface area contributed by atoms with Crippen molar-refractivity contribution in [2.75, 3.05) is 0 Å². The summed E-state index contributed by atoms with van der Waals surface area (Å²) in [5.41, 5.74) is 0.684. The molecule has 1 unspecified atom stereocenters. The molecule has 3 atom stereocenters. The molecule has 2 aromatic rings. The van der Waals surface area contributed by atoms with Gasteiger partial charge in [0.2, 0.25) is 0 Å². The highest BCUT2D eigenvalue weighted by molar-refractivity contribution is 5.92. The average Bonchev–Trinajstić information content (AvgIpc) is 3.19. The zero-order valence-corrected chi connectivity index (χ0v) is 20.1. The molecule has 8 rings (SSSR count). The zero-order valence-electron chi connectivity index (χ0n) is 20.1. The third-order valence-electron chi connectivity index (χ3n) is 10.0. The van der Waals surface area contributed by atoms with Crippen molar-refractivity contribution >= 4 is 11.9 Å². The van der Waals surface area contributed by atoms with Crippen molar-refractivity contribution in [2.45, 2.75) is 56.5 Å². The van der Waals surface area contributed by atoms with Crippen LogP contribution in [-0.2, 0) is 4.79 Å². The second kappa shape index (κ2) is 7.53. The Hall–Kier alpha value is -3.44. The summed E-state index contributed by atoms with van der Waals surface area (Å²) in [5.74, 6) is 0.970. The fraction of sp³-hybridized carbons (Fsp3) is 0.452. The van der Waals surface area contributed by atoms with E-state index in [0.29, 0.717) is 23.3 Å². The van der Waals surface area contributed by atoms with Gasteiger partial charge in [0, 0.05) is 17.5 Å². The molecule has 4 nitrogen and oxygen atoms in total. The van der Waals surface area contributed by atoms with E-state index < -0.39 is 23.4 Å². The molecule has 5 fully saturated rings. The summed E-state index contributed by atoms with van der Waals surface area (Å²) < 4.78 is 14.0. The SMILES string of the molecule is N#CC1(C#N)C2c3ccccc3C=CN2[C@H](C(=O)C23CC4CC(CC(C4)C2)C3)[C@H]1c1ccc(F)cc1. The second-order valence-electron chi connectivity index (χ2n) is 11.9. The van der Waals surface area contributed by atoms with Gasteiger partial charge in [0.05, 0.1) is 24.2 Å². The van der Waals surface area contributed by atoms with Crippen LogP contribution in [0.5, 0.6) is 0 Å². The Balaban J connectivity index is 1.43. The summed E-state index contributed by atoms with van der Waals surface area (Å²) in [6.07, 6.45) is 10.4. The van der Waals surface area contributed by atoms with E-state index in [1.54, 1.807) is 12.1 Å². The molecular weight excluding hydrogens is 449 g/mol. The first kappa shape index (κ1) is 21.8. The standard InChI is InChI=1S/C31H28FN3O/c32-24-7-5-23(6-8-24)26-27(29(36)30-14-19-11-20(15-30)13-21(12-19)16-30)35-10-9-22-3-1-2-4-25(22)28(35)31(26,17-33)18-34/h1-10,19-21,26-28H,11-16H2/t19?,20?,21?,26-,27+,28?,30?/m1/s1. The molecular formula is C31H28FN3O. The molecule has 0 amide bonds. The van der Waals surface area contributed by atoms with Gasteiger partial charge in [0.1, 0.15) is 5.82 Å². The number of carbonyl (C=O) groups is 1. The van der Waals surface area contributed by atoms with Gasteiger partial charge in [-0.3, -0.25) is 4.79 Å². The Labute approximate surface area is 211 Å². The Morgan fingerprint density at radius 3 is 2.14 bits per heavy atom. The van der Waals surface area contributed by atoms with Crippen LogP contribution in [0.3, 0.4) is 0 Å². The predicted octanol–water partition coefficient (Wildman–Crippen LogP) is 6.14. The maximum atomic E-state index is 14.9. The normalized spacial score (nSPS) is 36.6. The van der Waals surface area contributed by atoms with Crippen molar-refractivity contribution in [3.63, 3.8) is 0 Å². The number of benzene rings is 2. The van der Waals surface area contributed by atoms with Crippen LogP contribution in [0.1, 0.15) is 67.2 Å². The van der Waals surface area contributed by atoms with E-state index in [1.165, 1.54) is 31.4 Å². The first-order valence-electron chi connectivity index (χ1n) is 13.1. The monoisotopic (exact) mass is 477 g/mol.